The summed E-state index contributed by atoms with van der Waals surface area (Å²) in [6.07, 6.45) is 0. The van der Waals surface area contributed by atoms with Crippen LogP contribution in [0, 0.1) is 0 Å². The van der Waals surface area contributed by atoms with Crippen molar-refractivity contribution in [3.8, 4) is 0 Å². The number of hydrogen-bond donors (Lipinski definition) is 0. The molecule has 0 aromatic heterocycles. The van der Waals surface area contributed by atoms with E-state index in [-0.39, 0.29) is 0 Å². The Balaban J connectivity index is 5.92. The molecule has 0 unspecified atom stereocenters. The molecule has 0 aliphatic carbocycles. The Morgan fingerprint density at radius 3 is 1.17 bits per heavy atom. The van der Waals surface area contributed by atoms with Crippen molar-refractivity contribution in [1.29, 1.82) is 0 Å². The third-order valence-electron chi connectivity index (χ3n) is 3.93. The van der Waals surface area contributed by atoms with E-state index < -0.39 is 41.3 Å². The van der Waals surface area contributed by atoms with Crippen LogP contribution in [0.5, 0.6) is 0 Å². The van der Waals surface area contributed by atoms with Crippen LogP contribution in [-0.2, 0) is 8.23 Å². The molecule has 0 atom stereocenters. The molecule has 7 heteroatoms. The van der Waals surface area contributed by atoms with Crippen LogP contribution < -0.4 is 0 Å². The summed E-state index contributed by atoms with van der Waals surface area (Å²) >= 11 is 0. The molecule has 0 saturated carbocycles. The third-order valence-corrected chi connectivity index (χ3v) is 27.0. The molecule has 0 N–H and O–H groups in total. The lowest BCUT2D eigenvalue weighted by Crippen LogP contribution is -2.61. The van der Waals surface area contributed by atoms with Crippen molar-refractivity contribution < 1.29 is 8.23 Å². The van der Waals surface area contributed by atoms with Crippen LogP contribution in [0.3, 0.4) is 0 Å². The summed E-state index contributed by atoms with van der Waals surface area (Å²) in [5, 5.41) is 0. The second kappa shape index (κ2) is 7.71. The van der Waals surface area contributed by atoms with Crippen LogP contribution in [0.1, 0.15) is 13.8 Å². The quantitative estimate of drug-likeness (QED) is 0.397. The van der Waals surface area contributed by atoms with Gasteiger partial charge in [0, 0.05) is 16.1 Å². The zero-order chi connectivity index (χ0) is 18.9. The summed E-state index contributed by atoms with van der Waals surface area (Å²) in [5.74, 6) is 0. The van der Waals surface area contributed by atoms with Gasteiger partial charge in [0.1, 0.15) is 0 Å². The molecule has 140 valence electrons. The molecule has 0 rings (SSSR count). The van der Waals surface area contributed by atoms with Gasteiger partial charge < -0.3 is 8.23 Å². The van der Waals surface area contributed by atoms with Gasteiger partial charge in [-0.25, -0.2) is 0 Å². The van der Waals surface area contributed by atoms with Crippen molar-refractivity contribution in [2.24, 2.45) is 0 Å². The van der Waals surface area contributed by atoms with Gasteiger partial charge in [-0.3, -0.25) is 0 Å². The summed E-state index contributed by atoms with van der Waals surface area (Å²) in [6.45, 7) is 31.4. The van der Waals surface area contributed by atoms with Gasteiger partial charge in [-0.1, -0.05) is 53.1 Å². The van der Waals surface area contributed by atoms with E-state index >= 15 is 0 Å². The van der Waals surface area contributed by atoms with E-state index in [4.69, 9.17) is 8.23 Å². The number of rotatable bonds is 9. The van der Waals surface area contributed by atoms with E-state index in [0.29, 0.717) is 5.54 Å². The van der Waals surface area contributed by atoms with E-state index in [1.807, 2.05) is 0 Å². The van der Waals surface area contributed by atoms with E-state index in [0.717, 1.165) is 0 Å². The van der Waals surface area contributed by atoms with Gasteiger partial charge in [-0.15, -0.1) is 0 Å². The van der Waals surface area contributed by atoms with Crippen molar-refractivity contribution >= 4 is 41.3 Å². The van der Waals surface area contributed by atoms with Crippen molar-refractivity contribution in [2.75, 3.05) is 0 Å². The summed E-state index contributed by atoms with van der Waals surface area (Å²) < 4.78 is 14.2. The highest BCUT2D eigenvalue weighted by Crippen LogP contribution is 2.37. The lowest BCUT2D eigenvalue weighted by atomic mass is 10.6. The second-order valence-corrected chi connectivity index (χ2v) is 36.6. The van der Waals surface area contributed by atoms with Gasteiger partial charge in [0.05, 0.1) is 0 Å². The minimum atomic E-state index is -2.15. The third kappa shape index (κ3) is 10.6. The molecule has 0 heterocycles. The first kappa shape index (κ1) is 24.0. The molecular weight excluding hydrogens is 365 g/mol. The van der Waals surface area contributed by atoms with Gasteiger partial charge in [0.25, 0.3) is 0 Å². The standard InChI is InChI=1S/C16H44O2Si5/c1-16(2)22(12,13)18-23(14-19(3,4)5,15-20(6,7)8)17-21(9,10)11/h16H,14-15H2,1-13H3. The first-order valence-electron chi connectivity index (χ1n) is 9.17. The molecule has 0 bridgehead atoms. The highest BCUT2D eigenvalue weighted by molar-refractivity contribution is 7.03. The molecule has 0 spiro atoms. The van der Waals surface area contributed by atoms with Crippen molar-refractivity contribution in [3.63, 3.8) is 0 Å². The Kier molecular flexibility index (Phi) is 8.05. The topological polar surface area (TPSA) is 18.5 Å². The van der Waals surface area contributed by atoms with E-state index in [9.17, 15) is 0 Å². The molecule has 0 radical (unpaired) electrons. The zero-order valence-corrected chi connectivity index (χ0v) is 23.3. The van der Waals surface area contributed by atoms with Crippen molar-refractivity contribution in [1.82, 2.24) is 0 Å². The fourth-order valence-corrected chi connectivity index (χ4v) is 31.1. The Labute approximate surface area is 152 Å². The average Bonchev–Trinajstić information content (AvgIpc) is 2.04. The number of hydrogen-bond acceptors (Lipinski definition) is 2. The molecule has 0 fully saturated rings. The Morgan fingerprint density at radius 1 is 0.609 bits per heavy atom. The van der Waals surface area contributed by atoms with Crippen LogP contribution in [0.4, 0.5) is 0 Å². The van der Waals surface area contributed by atoms with E-state index in [1.54, 1.807) is 0 Å². The molecule has 0 amide bonds. The maximum absolute atomic E-state index is 7.17. The van der Waals surface area contributed by atoms with Crippen LogP contribution in [0.2, 0.25) is 88.9 Å². The van der Waals surface area contributed by atoms with Gasteiger partial charge in [-0.2, -0.15) is 0 Å². The van der Waals surface area contributed by atoms with Gasteiger partial charge in [0.15, 0.2) is 16.6 Å². The maximum atomic E-state index is 7.17. The van der Waals surface area contributed by atoms with E-state index in [2.05, 4.69) is 85.9 Å². The SMILES string of the molecule is CC(C)[Si](C)(C)O[Si](C[Si](C)(C)C)(C[Si](C)(C)C)O[Si](C)(C)C. The Bertz CT molecular complexity index is 335. The average molecular weight is 409 g/mol. The van der Waals surface area contributed by atoms with Gasteiger partial charge in [0.2, 0.25) is 0 Å². The summed E-state index contributed by atoms with van der Waals surface area (Å²) in [5.41, 5.74) is 3.16. The summed E-state index contributed by atoms with van der Waals surface area (Å²) in [7, 11) is -7.98. The highest BCUT2D eigenvalue weighted by atomic mass is 28.5. The van der Waals surface area contributed by atoms with Gasteiger partial charge >= 0.3 is 8.56 Å². The van der Waals surface area contributed by atoms with E-state index in [1.165, 1.54) is 11.3 Å². The first-order valence-corrected chi connectivity index (χ1v) is 25.2. The van der Waals surface area contributed by atoms with Crippen molar-refractivity contribution in [3.05, 3.63) is 0 Å². The minimum Gasteiger partial charge on any atom is -0.437 e. The molecule has 2 nitrogen and oxygen atoms in total. The molecule has 0 aromatic carbocycles. The normalized spacial score (nSPS) is 15.4. The molecule has 0 aliphatic heterocycles. The predicted octanol–water partition coefficient (Wildman–Crippen LogP) is 6.67. The van der Waals surface area contributed by atoms with Crippen LogP contribution in [0.25, 0.3) is 0 Å². The Morgan fingerprint density at radius 2 is 0.957 bits per heavy atom. The lowest BCUT2D eigenvalue weighted by Gasteiger charge is -2.47. The second-order valence-electron chi connectivity index (χ2n) is 11.5. The monoisotopic (exact) mass is 408 g/mol. The van der Waals surface area contributed by atoms with Crippen molar-refractivity contribution in [2.45, 2.75) is 103 Å². The highest BCUT2D eigenvalue weighted by Gasteiger charge is 2.51. The fourth-order valence-electron chi connectivity index (χ4n) is 3.00. The first-order chi connectivity index (χ1) is 9.77. The Hall–Kier alpha value is 1.00. The minimum absolute atomic E-state index is 0.642. The molecular formula is C16H44O2Si5. The van der Waals surface area contributed by atoms with Crippen LogP contribution in [0.15, 0.2) is 0 Å². The largest absolute Gasteiger partial charge is 0.437 e. The predicted molar refractivity (Wildman–Crippen MR) is 120 cm³/mol. The summed E-state index contributed by atoms with van der Waals surface area (Å²) in [6, 6.07) is 0. The molecule has 0 aliphatic rings. The van der Waals surface area contributed by atoms with Crippen LogP contribution in [-0.4, -0.2) is 41.3 Å². The fraction of sp³-hybridized carbons (Fsp3) is 1.00. The smallest absolute Gasteiger partial charge is 0.312 e. The lowest BCUT2D eigenvalue weighted by molar-refractivity contribution is 0.379. The maximum Gasteiger partial charge on any atom is 0.312 e. The van der Waals surface area contributed by atoms with Crippen LogP contribution >= 0.6 is 0 Å². The molecule has 0 saturated heterocycles. The molecule has 23 heavy (non-hydrogen) atoms. The zero-order valence-electron chi connectivity index (χ0n) is 18.3. The summed E-state index contributed by atoms with van der Waals surface area (Å²) in [4.78, 5) is 0. The molecule has 0 aromatic rings. The van der Waals surface area contributed by atoms with Gasteiger partial charge in [-0.05, 0) is 49.6 Å².